The van der Waals surface area contributed by atoms with Gasteiger partial charge in [0.15, 0.2) is 0 Å². The Hall–Kier alpha value is -7.48. The Morgan fingerprint density at radius 3 is 1.42 bits per heavy atom. The third kappa shape index (κ3) is 6.66. The molecule has 57 heavy (non-hydrogen) atoms. The molecule has 1 nitrogen and oxygen atoms in total. The summed E-state index contributed by atoms with van der Waals surface area (Å²) in [7, 11) is 0. The molecule has 10 aromatic rings. The summed E-state index contributed by atoms with van der Waals surface area (Å²) in [6.07, 6.45) is 0. The maximum atomic E-state index is 2.40. The number of para-hydroxylation sites is 1. The molecular weight excluding hydrogens is 687 g/mol. The van der Waals surface area contributed by atoms with Gasteiger partial charge in [-0.2, -0.15) is 0 Å². The molecule has 268 valence electrons. The zero-order valence-electron chi connectivity index (χ0n) is 31.5. The maximum absolute atomic E-state index is 2.40. The minimum absolute atomic E-state index is 1.09. The van der Waals surface area contributed by atoms with Gasteiger partial charge in [0.1, 0.15) is 0 Å². The summed E-state index contributed by atoms with van der Waals surface area (Å²) in [5.74, 6) is 0. The number of anilines is 3. The highest BCUT2D eigenvalue weighted by Gasteiger charge is 2.19. The van der Waals surface area contributed by atoms with Crippen LogP contribution in [0.1, 0.15) is 0 Å². The number of hydrogen-bond donors (Lipinski definition) is 0. The molecule has 0 radical (unpaired) electrons. The highest BCUT2D eigenvalue weighted by molar-refractivity contribution is 6.04. The summed E-state index contributed by atoms with van der Waals surface area (Å²) in [5.41, 5.74) is 15.3. The highest BCUT2D eigenvalue weighted by Crippen LogP contribution is 2.44. The number of rotatable bonds is 8. The molecule has 0 N–H and O–H groups in total. The Balaban J connectivity index is 1.08. The smallest absolute Gasteiger partial charge is 0.0540 e. The van der Waals surface area contributed by atoms with Crippen molar-refractivity contribution in [1.82, 2.24) is 0 Å². The van der Waals surface area contributed by atoms with Gasteiger partial charge in [-0.05, 0) is 108 Å². The first kappa shape index (κ1) is 34.0. The van der Waals surface area contributed by atoms with Gasteiger partial charge in [0, 0.05) is 16.9 Å². The molecule has 0 aliphatic rings. The molecule has 0 atom stereocenters. The standard InChI is InChI=1S/C56H39N/c1-3-13-40(14-4-1)42-23-26-45(27-24-42)52-20-11-12-22-55(52)57(50-34-29-43(30-35-50)49-28-25-41-15-7-8-19-48(41)39-49)51-36-31-46(32-37-51)54-38-33-44-16-9-10-21-53(44)56(54)47-17-5-2-6-18-47/h1-39H. The molecule has 1 heteroatoms. The van der Waals surface area contributed by atoms with E-state index in [0.29, 0.717) is 0 Å². The van der Waals surface area contributed by atoms with Crippen LogP contribution in [0.5, 0.6) is 0 Å². The molecule has 0 amide bonds. The first-order valence-electron chi connectivity index (χ1n) is 19.6. The highest BCUT2D eigenvalue weighted by atomic mass is 15.1. The van der Waals surface area contributed by atoms with Crippen LogP contribution in [0.4, 0.5) is 17.1 Å². The molecule has 0 unspecified atom stereocenters. The molecule has 10 aromatic carbocycles. The largest absolute Gasteiger partial charge is 0.310 e. The molecule has 0 bridgehead atoms. The van der Waals surface area contributed by atoms with E-state index in [-0.39, 0.29) is 0 Å². The Kier molecular flexibility index (Phi) is 8.95. The number of nitrogens with zero attached hydrogens (tertiary/aromatic N) is 1. The van der Waals surface area contributed by atoms with Gasteiger partial charge in [0.25, 0.3) is 0 Å². The van der Waals surface area contributed by atoms with Gasteiger partial charge >= 0.3 is 0 Å². The van der Waals surface area contributed by atoms with Crippen molar-refractivity contribution < 1.29 is 0 Å². The van der Waals surface area contributed by atoms with Crippen molar-refractivity contribution in [3.63, 3.8) is 0 Å². The SMILES string of the molecule is c1ccc(-c2ccc(-c3ccccc3N(c3ccc(-c4ccc5ccccc5c4)cc3)c3ccc(-c4ccc5ccccc5c4-c4ccccc4)cc3)cc2)cc1. The average molecular weight is 726 g/mol. The topological polar surface area (TPSA) is 3.24 Å². The zero-order chi connectivity index (χ0) is 38.0. The van der Waals surface area contributed by atoms with Gasteiger partial charge in [-0.3, -0.25) is 0 Å². The summed E-state index contributed by atoms with van der Waals surface area (Å²) >= 11 is 0. The van der Waals surface area contributed by atoms with Crippen molar-refractivity contribution in [3.05, 3.63) is 237 Å². The summed E-state index contributed by atoms with van der Waals surface area (Å²) < 4.78 is 0. The fourth-order valence-electron chi connectivity index (χ4n) is 8.20. The quantitative estimate of drug-likeness (QED) is 0.151. The van der Waals surface area contributed by atoms with Crippen LogP contribution in [-0.4, -0.2) is 0 Å². The first-order valence-corrected chi connectivity index (χ1v) is 19.6. The molecule has 0 fully saturated rings. The van der Waals surface area contributed by atoms with Gasteiger partial charge in [-0.1, -0.05) is 200 Å². The van der Waals surface area contributed by atoms with Crippen LogP contribution in [0, 0.1) is 0 Å². The van der Waals surface area contributed by atoms with Crippen LogP contribution < -0.4 is 4.90 Å². The Morgan fingerprint density at radius 2 is 0.702 bits per heavy atom. The molecule has 0 aromatic heterocycles. The third-order valence-corrected chi connectivity index (χ3v) is 11.1. The fourth-order valence-corrected chi connectivity index (χ4v) is 8.20. The van der Waals surface area contributed by atoms with E-state index in [4.69, 9.17) is 0 Å². The predicted molar refractivity (Wildman–Crippen MR) is 243 cm³/mol. The summed E-state index contributed by atoms with van der Waals surface area (Å²) in [5, 5.41) is 4.99. The van der Waals surface area contributed by atoms with Crippen molar-refractivity contribution in [2.45, 2.75) is 0 Å². The zero-order valence-corrected chi connectivity index (χ0v) is 31.5. The van der Waals surface area contributed by atoms with Crippen molar-refractivity contribution in [2.75, 3.05) is 4.90 Å². The van der Waals surface area contributed by atoms with E-state index < -0.39 is 0 Å². The second-order valence-electron chi connectivity index (χ2n) is 14.5. The second-order valence-corrected chi connectivity index (χ2v) is 14.5. The summed E-state index contributed by atoms with van der Waals surface area (Å²) in [6.45, 7) is 0. The summed E-state index contributed by atoms with van der Waals surface area (Å²) in [6, 6.07) is 85.6. The minimum atomic E-state index is 1.09. The first-order chi connectivity index (χ1) is 28.3. The van der Waals surface area contributed by atoms with Gasteiger partial charge in [-0.25, -0.2) is 0 Å². The maximum Gasteiger partial charge on any atom is 0.0540 e. The third-order valence-electron chi connectivity index (χ3n) is 11.1. The van der Waals surface area contributed by atoms with E-state index in [9.17, 15) is 0 Å². The fraction of sp³-hybridized carbons (Fsp3) is 0. The molecule has 0 saturated heterocycles. The Morgan fingerprint density at radius 1 is 0.246 bits per heavy atom. The van der Waals surface area contributed by atoms with Crippen molar-refractivity contribution in [1.29, 1.82) is 0 Å². The molecule has 0 heterocycles. The van der Waals surface area contributed by atoms with Gasteiger partial charge < -0.3 is 4.90 Å². The summed E-state index contributed by atoms with van der Waals surface area (Å²) in [4.78, 5) is 2.40. The van der Waals surface area contributed by atoms with Crippen LogP contribution >= 0.6 is 0 Å². The van der Waals surface area contributed by atoms with Crippen LogP contribution in [0.2, 0.25) is 0 Å². The predicted octanol–water partition coefficient (Wildman–Crippen LogP) is 15.8. The lowest BCUT2D eigenvalue weighted by atomic mass is 9.89. The van der Waals surface area contributed by atoms with Gasteiger partial charge in [0.2, 0.25) is 0 Å². The molecule has 0 aliphatic heterocycles. The van der Waals surface area contributed by atoms with E-state index in [2.05, 4.69) is 241 Å². The van der Waals surface area contributed by atoms with Crippen LogP contribution in [0.3, 0.4) is 0 Å². The Bertz CT molecular complexity index is 2970. The number of fused-ring (bicyclic) bond motifs is 2. The molecular formula is C56H39N. The number of hydrogen-bond acceptors (Lipinski definition) is 1. The van der Waals surface area contributed by atoms with Crippen LogP contribution in [0.15, 0.2) is 237 Å². The second kappa shape index (κ2) is 15.0. The van der Waals surface area contributed by atoms with E-state index in [1.165, 1.54) is 77.2 Å². The lowest BCUT2D eigenvalue weighted by Gasteiger charge is -2.28. The average Bonchev–Trinajstić information content (AvgIpc) is 3.30. The molecule has 0 aliphatic carbocycles. The lowest BCUT2D eigenvalue weighted by molar-refractivity contribution is 1.28. The van der Waals surface area contributed by atoms with Crippen LogP contribution in [0.25, 0.3) is 77.2 Å². The van der Waals surface area contributed by atoms with Crippen molar-refractivity contribution >= 4 is 38.6 Å². The minimum Gasteiger partial charge on any atom is -0.310 e. The molecule has 0 spiro atoms. The molecule has 0 saturated carbocycles. The van der Waals surface area contributed by atoms with Crippen molar-refractivity contribution in [3.8, 4) is 55.6 Å². The van der Waals surface area contributed by atoms with E-state index >= 15 is 0 Å². The van der Waals surface area contributed by atoms with Gasteiger partial charge in [-0.15, -0.1) is 0 Å². The monoisotopic (exact) mass is 725 g/mol. The van der Waals surface area contributed by atoms with Crippen molar-refractivity contribution in [2.24, 2.45) is 0 Å². The lowest BCUT2D eigenvalue weighted by Crippen LogP contribution is -2.11. The van der Waals surface area contributed by atoms with E-state index in [1.54, 1.807) is 0 Å². The Labute approximate surface area is 334 Å². The number of benzene rings is 10. The van der Waals surface area contributed by atoms with E-state index in [1.807, 2.05) is 0 Å². The normalized spacial score (nSPS) is 11.2. The van der Waals surface area contributed by atoms with E-state index in [0.717, 1.165) is 17.1 Å². The van der Waals surface area contributed by atoms with Crippen LogP contribution in [-0.2, 0) is 0 Å². The van der Waals surface area contributed by atoms with Gasteiger partial charge in [0.05, 0.1) is 5.69 Å². The molecule has 10 rings (SSSR count).